The fourth-order valence-electron chi connectivity index (χ4n) is 3.15. The number of carbonyl (C=O) groups is 2. The lowest BCUT2D eigenvalue weighted by Crippen LogP contribution is -2.44. The number of amides is 3. The zero-order valence-electron chi connectivity index (χ0n) is 18.1. The van der Waals surface area contributed by atoms with Crippen molar-refractivity contribution in [3.05, 3.63) is 23.8 Å². The van der Waals surface area contributed by atoms with Crippen LogP contribution in [0.3, 0.4) is 0 Å². The second-order valence-electron chi connectivity index (χ2n) is 7.65. The molecule has 0 radical (unpaired) electrons. The lowest BCUT2D eigenvalue weighted by molar-refractivity contribution is 0.0281. The molecule has 3 amide bonds. The number of carbonyl (C=O) groups excluding carboxylic acids is 2. The first-order chi connectivity index (χ1) is 13.8. The van der Waals surface area contributed by atoms with Gasteiger partial charge in [0.1, 0.15) is 12.4 Å². The molecular weight excluding hydrogens is 372 g/mol. The number of methoxy groups -OCH3 is 1. The van der Waals surface area contributed by atoms with Gasteiger partial charge < -0.3 is 30.3 Å². The molecule has 3 N–H and O–H groups in total. The van der Waals surface area contributed by atoms with Gasteiger partial charge in [0.15, 0.2) is 0 Å². The molecule has 0 saturated heterocycles. The highest BCUT2D eigenvalue weighted by atomic mass is 16.5. The standard InChI is InChI=1S/C21H34N4O4/c1-6-9-22-21(27)24-16-7-8-17-18(10-16)29-13-15(3)23-11-14(2)19(28-5)12-25(4)20(17)26/h7-8,10,14-15,19,23H,6,9,11-13H2,1-5H3,(H2,22,24,27)/t14-,15+,19+/m1/s1. The van der Waals surface area contributed by atoms with Gasteiger partial charge in [0.2, 0.25) is 0 Å². The predicted molar refractivity (Wildman–Crippen MR) is 114 cm³/mol. The first-order valence-electron chi connectivity index (χ1n) is 10.2. The van der Waals surface area contributed by atoms with E-state index < -0.39 is 0 Å². The van der Waals surface area contributed by atoms with Gasteiger partial charge in [0, 0.05) is 51.6 Å². The van der Waals surface area contributed by atoms with Crippen LogP contribution in [-0.2, 0) is 4.74 Å². The quantitative estimate of drug-likeness (QED) is 0.714. The Bertz CT molecular complexity index is 697. The summed E-state index contributed by atoms with van der Waals surface area (Å²) in [5.41, 5.74) is 1.03. The molecule has 162 valence electrons. The Morgan fingerprint density at radius 3 is 2.83 bits per heavy atom. The highest BCUT2D eigenvalue weighted by Gasteiger charge is 2.25. The van der Waals surface area contributed by atoms with Crippen molar-refractivity contribution in [3.8, 4) is 5.75 Å². The monoisotopic (exact) mass is 406 g/mol. The third-order valence-corrected chi connectivity index (χ3v) is 5.02. The summed E-state index contributed by atoms with van der Waals surface area (Å²) in [4.78, 5) is 26.7. The van der Waals surface area contributed by atoms with Crippen molar-refractivity contribution in [1.29, 1.82) is 0 Å². The van der Waals surface area contributed by atoms with Gasteiger partial charge in [-0.15, -0.1) is 0 Å². The van der Waals surface area contributed by atoms with Crippen molar-refractivity contribution in [2.45, 2.75) is 39.3 Å². The largest absolute Gasteiger partial charge is 0.491 e. The van der Waals surface area contributed by atoms with Gasteiger partial charge in [-0.25, -0.2) is 4.79 Å². The summed E-state index contributed by atoms with van der Waals surface area (Å²) in [5, 5.41) is 9.00. The molecule has 2 rings (SSSR count). The number of hydrogen-bond acceptors (Lipinski definition) is 5. The van der Waals surface area contributed by atoms with Crippen LogP contribution in [0.4, 0.5) is 10.5 Å². The normalized spacial score (nSPS) is 23.3. The number of hydrogen-bond donors (Lipinski definition) is 3. The average molecular weight is 407 g/mol. The maximum absolute atomic E-state index is 13.1. The molecule has 0 unspecified atom stereocenters. The second-order valence-corrected chi connectivity index (χ2v) is 7.65. The van der Waals surface area contributed by atoms with E-state index in [2.05, 4.69) is 22.9 Å². The molecule has 29 heavy (non-hydrogen) atoms. The van der Waals surface area contributed by atoms with E-state index in [9.17, 15) is 9.59 Å². The summed E-state index contributed by atoms with van der Waals surface area (Å²) in [6.45, 7) is 8.37. The second kappa shape index (κ2) is 11.0. The van der Waals surface area contributed by atoms with Gasteiger partial charge in [-0.1, -0.05) is 13.8 Å². The average Bonchev–Trinajstić information content (AvgIpc) is 2.71. The van der Waals surface area contributed by atoms with Crippen LogP contribution in [0.5, 0.6) is 5.75 Å². The Balaban J connectivity index is 2.27. The van der Waals surface area contributed by atoms with Gasteiger partial charge in [-0.05, 0) is 31.4 Å². The number of ether oxygens (including phenoxy) is 2. The van der Waals surface area contributed by atoms with Crippen molar-refractivity contribution < 1.29 is 19.1 Å². The number of urea groups is 1. The molecule has 1 aromatic rings. The van der Waals surface area contributed by atoms with Crippen LogP contribution in [0, 0.1) is 5.92 Å². The number of nitrogens with one attached hydrogen (secondary N) is 3. The number of benzene rings is 1. The molecule has 8 heteroatoms. The number of likely N-dealkylation sites (N-methyl/N-ethyl adjacent to an activating group) is 1. The van der Waals surface area contributed by atoms with Gasteiger partial charge in [-0.2, -0.15) is 0 Å². The van der Waals surface area contributed by atoms with Crippen molar-refractivity contribution in [2.24, 2.45) is 5.92 Å². The summed E-state index contributed by atoms with van der Waals surface area (Å²) in [6, 6.07) is 4.92. The van der Waals surface area contributed by atoms with Crippen molar-refractivity contribution >= 4 is 17.6 Å². The van der Waals surface area contributed by atoms with E-state index in [0.29, 0.717) is 36.7 Å². The molecule has 8 nitrogen and oxygen atoms in total. The summed E-state index contributed by atoms with van der Waals surface area (Å²) in [7, 11) is 3.43. The summed E-state index contributed by atoms with van der Waals surface area (Å²) in [6.07, 6.45) is 0.781. The van der Waals surface area contributed by atoms with E-state index in [4.69, 9.17) is 9.47 Å². The summed E-state index contributed by atoms with van der Waals surface area (Å²) in [5.74, 6) is 0.550. The molecule has 1 aromatic carbocycles. The first kappa shape index (κ1) is 23.0. The van der Waals surface area contributed by atoms with E-state index >= 15 is 0 Å². The molecule has 3 atom stereocenters. The number of nitrogens with zero attached hydrogens (tertiary/aromatic N) is 1. The zero-order chi connectivity index (χ0) is 21.4. The molecule has 0 aliphatic carbocycles. The van der Waals surface area contributed by atoms with E-state index in [1.54, 1.807) is 37.3 Å². The molecule has 1 aliphatic heterocycles. The third kappa shape index (κ3) is 6.61. The Labute approximate surface area is 173 Å². The maximum Gasteiger partial charge on any atom is 0.319 e. The Kier molecular flexibility index (Phi) is 8.72. The van der Waals surface area contributed by atoms with Crippen molar-refractivity contribution in [2.75, 3.05) is 45.7 Å². The van der Waals surface area contributed by atoms with Crippen LogP contribution < -0.4 is 20.7 Å². The zero-order valence-corrected chi connectivity index (χ0v) is 18.1. The highest BCUT2D eigenvalue weighted by molar-refractivity contribution is 5.98. The van der Waals surface area contributed by atoms with Gasteiger partial charge >= 0.3 is 6.03 Å². The number of rotatable bonds is 4. The smallest absolute Gasteiger partial charge is 0.319 e. The van der Waals surface area contributed by atoms with Gasteiger partial charge in [0.05, 0.1) is 11.7 Å². The minimum absolute atomic E-state index is 0.0735. The summed E-state index contributed by atoms with van der Waals surface area (Å²) >= 11 is 0. The minimum Gasteiger partial charge on any atom is -0.491 e. The predicted octanol–water partition coefficient (Wildman–Crippen LogP) is 2.31. The molecule has 1 aliphatic rings. The summed E-state index contributed by atoms with van der Waals surface area (Å²) < 4.78 is 11.6. The van der Waals surface area contributed by atoms with E-state index in [0.717, 1.165) is 13.0 Å². The first-order valence-corrected chi connectivity index (χ1v) is 10.2. The van der Waals surface area contributed by atoms with Crippen LogP contribution in [0.1, 0.15) is 37.6 Å². The van der Waals surface area contributed by atoms with Gasteiger partial charge in [-0.3, -0.25) is 4.79 Å². The molecule has 0 bridgehead atoms. The minimum atomic E-state index is -0.282. The van der Waals surface area contributed by atoms with Crippen molar-refractivity contribution in [3.63, 3.8) is 0 Å². The topological polar surface area (TPSA) is 91.9 Å². The molecule has 0 saturated carbocycles. The lowest BCUT2D eigenvalue weighted by Gasteiger charge is -2.30. The molecule has 0 aromatic heterocycles. The lowest BCUT2D eigenvalue weighted by atomic mass is 10.0. The van der Waals surface area contributed by atoms with Crippen LogP contribution in [0.15, 0.2) is 18.2 Å². The Morgan fingerprint density at radius 1 is 1.38 bits per heavy atom. The molecule has 0 spiro atoms. The van der Waals surface area contributed by atoms with Crippen LogP contribution in [-0.4, -0.2) is 69.4 Å². The van der Waals surface area contributed by atoms with Crippen LogP contribution in [0.25, 0.3) is 0 Å². The number of fused-ring (bicyclic) bond motifs is 1. The third-order valence-electron chi connectivity index (χ3n) is 5.02. The maximum atomic E-state index is 13.1. The van der Waals surface area contributed by atoms with Crippen LogP contribution >= 0.6 is 0 Å². The van der Waals surface area contributed by atoms with E-state index in [1.165, 1.54) is 0 Å². The fraction of sp³-hybridized carbons (Fsp3) is 0.619. The van der Waals surface area contributed by atoms with Crippen molar-refractivity contribution in [1.82, 2.24) is 15.5 Å². The highest BCUT2D eigenvalue weighted by Crippen LogP contribution is 2.26. The van der Waals surface area contributed by atoms with Gasteiger partial charge in [0.25, 0.3) is 5.91 Å². The Hall–Kier alpha value is -2.32. The van der Waals surface area contributed by atoms with E-state index in [-0.39, 0.29) is 30.0 Å². The number of anilines is 1. The SMILES string of the molecule is CCCNC(=O)Nc1ccc2c(c1)OC[C@H](C)NC[C@@H](C)[C@@H](OC)CN(C)C2=O. The molecule has 1 heterocycles. The van der Waals surface area contributed by atoms with Crippen LogP contribution in [0.2, 0.25) is 0 Å². The van der Waals surface area contributed by atoms with E-state index in [1.807, 2.05) is 13.8 Å². The Morgan fingerprint density at radius 2 is 2.14 bits per heavy atom. The molecular formula is C21H34N4O4. The fourth-order valence-corrected chi connectivity index (χ4v) is 3.15. The molecule has 0 fully saturated rings.